The lowest BCUT2D eigenvalue weighted by Gasteiger charge is -2.07. The van der Waals surface area contributed by atoms with Crippen LogP contribution in [0.25, 0.3) is 0 Å². The summed E-state index contributed by atoms with van der Waals surface area (Å²) >= 11 is 3.27. The molecule has 1 fully saturated rings. The first-order valence-corrected chi connectivity index (χ1v) is 6.98. The van der Waals surface area contributed by atoms with E-state index < -0.39 is 0 Å². The van der Waals surface area contributed by atoms with Crippen molar-refractivity contribution in [3.8, 4) is 0 Å². The zero-order valence-corrected chi connectivity index (χ0v) is 12.0. The Hall–Kier alpha value is -1.56. The Bertz CT molecular complexity index is 501. The third-order valence-electron chi connectivity index (χ3n) is 2.92. The van der Waals surface area contributed by atoms with E-state index in [1.807, 2.05) is 0 Å². The summed E-state index contributed by atoms with van der Waals surface area (Å²) in [6.45, 7) is 0.861. The third kappa shape index (κ3) is 3.96. The number of nitrogens with two attached hydrogens (primary N) is 1. The number of amides is 2. The van der Waals surface area contributed by atoms with Crippen LogP contribution in [0.5, 0.6) is 0 Å². The van der Waals surface area contributed by atoms with E-state index in [9.17, 15) is 9.59 Å². The van der Waals surface area contributed by atoms with Crippen molar-refractivity contribution in [1.29, 1.82) is 0 Å². The van der Waals surface area contributed by atoms with Gasteiger partial charge in [-0.15, -0.1) is 0 Å². The van der Waals surface area contributed by atoms with E-state index in [4.69, 9.17) is 5.73 Å². The van der Waals surface area contributed by atoms with Gasteiger partial charge in [0.05, 0.1) is 0 Å². The van der Waals surface area contributed by atoms with Crippen molar-refractivity contribution in [2.75, 3.05) is 18.8 Å². The summed E-state index contributed by atoms with van der Waals surface area (Å²) in [7, 11) is 0. The summed E-state index contributed by atoms with van der Waals surface area (Å²) in [6.07, 6.45) is 1.97. The van der Waals surface area contributed by atoms with Crippen LogP contribution in [-0.4, -0.2) is 24.9 Å². The lowest BCUT2D eigenvalue weighted by Crippen LogP contribution is -2.35. The molecule has 1 aromatic rings. The second kappa shape index (κ2) is 6.06. The van der Waals surface area contributed by atoms with Crippen molar-refractivity contribution in [2.45, 2.75) is 12.8 Å². The van der Waals surface area contributed by atoms with E-state index in [0.29, 0.717) is 24.3 Å². The molecule has 0 radical (unpaired) electrons. The highest BCUT2D eigenvalue weighted by molar-refractivity contribution is 9.10. The highest BCUT2D eigenvalue weighted by Crippen LogP contribution is 2.28. The van der Waals surface area contributed by atoms with Crippen LogP contribution >= 0.6 is 15.9 Å². The zero-order valence-electron chi connectivity index (χ0n) is 10.4. The van der Waals surface area contributed by atoms with Gasteiger partial charge in [0.25, 0.3) is 5.91 Å². The van der Waals surface area contributed by atoms with Crippen molar-refractivity contribution in [1.82, 2.24) is 10.6 Å². The van der Waals surface area contributed by atoms with Crippen LogP contribution in [0.2, 0.25) is 0 Å². The fourth-order valence-corrected chi connectivity index (χ4v) is 1.89. The van der Waals surface area contributed by atoms with Crippen LogP contribution in [-0.2, 0) is 4.79 Å². The number of nitrogens with one attached hydrogen (secondary N) is 2. The molecule has 6 heteroatoms. The molecule has 19 heavy (non-hydrogen) atoms. The highest BCUT2D eigenvalue weighted by atomic mass is 79.9. The minimum absolute atomic E-state index is 0.0853. The summed E-state index contributed by atoms with van der Waals surface area (Å²) < 4.78 is 0.765. The van der Waals surface area contributed by atoms with Gasteiger partial charge in [0.2, 0.25) is 5.91 Å². The molecule has 1 aliphatic carbocycles. The van der Waals surface area contributed by atoms with Crippen LogP contribution in [0.15, 0.2) is 22.7 Å². The fraction of sp³-hybridized carbons (Fsp3) is 0.385. The molecule has 2 amide bonds. The Labute approximate surface area is 120 Å². The van der Waals surface area contributed by atoms with Crippen LogP contribution in [0.3, 0.4) is 0 Å². The number of carbonyl (C=O) groups excluding carboxylic acids is 2. The van der Waals surface area contributed by atoms with Crippen molar-refractivity contribution >= 4 is 33.4 Å². The molecule has 0 aliphatic heterocycles. The zero-order chi connectivity index (χ0) is 13.8. The van der Waals surface area contributed by atoms with Crippen molar-refractivity contribution < 1.29 is 9.59 Å². The van der Waals surface area contributed by atoms with Gasteiger partial charge in [-0.1, -0.05) is 0 Å². The van der Waals surface area contributed by atoms with E-state index in [2.05, 4.69) is 26.6 Å². The number of benzene rings is 1. The minimum Gasteiger partial charge on any atom is -0.398 e. The summed E-state index contributed by atoms with van der Waals surface area (Å²) in [4.78, 5) is 23.2. The number of hydrogen-bond donors (Lipinski definition) is 3. The molecule has 0 unspecified atom stereocenters. The average molecular weight is 326 g/mol. The summed E-state index contributed by atoms with van der Waals surface area (Å²) in [5, 5.41) is 5.52. The molecule has 1 saturated carbocycles. The molecule has 0 saturated heterocycles. The smallest absolute Gasteiger partial charge is 0.251 e. The van der Waals surface area contributed by atoms with E-state index >= 15 is 0 Å². The normalized spacial score (nSPS) is 13.9. The predicted octanol–water partition coefficient (Wildman–Crippen LogP) is 1.29. The van der Waals surface area contributed by atoms with Crippen LogP contribution in [0, 0.1) is 5.92 Å². The van der Waals surface area contributed by atoms with Gasteiger partial charge in [-0.25, -0.2) is 0 Å². The van der Waals surface area contributed by atoms with Gasteiger partial charge in [0, 0.05) is 34.7 Å². The van der Waals surface area contributed by atoms with Crippen molar-refractivity contribution in [3.63, 3.8) is 0 Å². The first kappa shape index (κ1) is 13.9. The quantitative estimate of drug-likeness (QED) is 0.563. The standard InChI is InChI=1S/C13H16BrN3O2/c14-10-4-3-9(7-11(10)15)13(19)17-6-5-16-12(18)8-1-2-8/h3-4,7-8H,1-2,5-6,15H2,(H,16,18)(H,17,19). The van der Waals surface area contributed by atoms with Crippen molar-refractivity contribution in [3.05, 3.63) is 28.2 Å². The maximum Gasteiger partial charge on any atom is 0.251 e. The van der Waals surface area contributed by atoms with E-state index in [1.54, 1.807) is 18.2 Å². The molecular formula is C13H16BrN3O2. The Morgan fingerprint density at radius 2 is 1.95 bits per heavy atom. The van der Waals surface area contributed by atoms with Gasteiger partial charge in [-0.2, -0.15) is 0 Å². The number of hydrogen-bond acceptors (Lipinski definition) is 3. The van der Waals surface area contributed by atoms with Crippen LogP contribution < -0.4 is 16.4 Å². The van der Waals surface area contributed by atoms with Crippen LogP contribution in [0.4, 0.5) is 5.69 Å². The average Bonchev–Trinajstić information content (AvgIpc) is 3.21. The van der Waals surface area contributed by atoms with E-state index in [-0.39, 0.29) is 17.7 Å². The molecule has 0 heterocycles. The second-order valence-corrected chi connectivity index (χ2v) is 5.41. The summed E-state index contributed by atoms with van der Waals surface area (Å²) in [5.74, 6) is 0.0870. The van der Waals surface area contributed by atoms with E-state index in [1.165, 1.54) is 0 Å². The van der Waals surface area contributed by atoms with Gasteiger partial charge >= 0.3 is 0 Å². The molecular weight excluding hydrogens is 310 g/mol. The Morgan fingerprint density at radius 1 is 1.26 bits per heavy atom. The topological polar surface area (TPSA) is 84.2 Å². The molecule has 0 aromatic heterocycles. The molecule has 0 atom stereocenters. The fourth-order valence-electron chi connectivity index (χ4n) is 1.64. The number of halogens is 1. The summed E-state index contributed by atoms with van der Waals surface area (Å²) in [5.41, 5.74) is 6.74. The van der Waals surface area contributed by atoms with E-state index in [0.717, 1.165) is 17.3 Å². The van der Waals surface area contributed by atoms with Gasteiger partial charge in [-0.05, 0) is 47.0 Å². The molecule has 0 bridgehead atoms. The Kier molecular flexibility index (Phi) is 4.42. The Balaban J connectivity index is 1.74. The third-order valence-corrected chi connectivity index (χ3v) is 3.64. The number of carbonyl (C=O) groups is 2. The first-order valence-electron chi connectivity index (χ1n) is 6.19. The first-order chi connectivity index (χ1) is 9.08. The lowest BCUT2D eigenvalue weighted by molar-refractivity contribution is -0.122. The molecule has 1 aromatic carbocycles. The largest absolute Gasteiger partial charge is 0.398 e. The van der Waals surface area contributed by atoms with Crippen LogP contribution in [0.1, 0.15) is 23.2 Å². The number of anilines is 1. The molecule has 2 rings (SSSR count). The number of nitrogen functional groups attached to an aromatic ring is 1. The predicted molar refractivity (Wildman–Crippen MR) is 76.6 cm³/mol. The minimum atomic E-state index is -0.195. The maximum absolute atomic E-state index is 11.8. The Morgan fingerprint density at radius 3 is 2.58 bits per heavy atom. The molecule has 5 nitrogen and oxygen atoms in total. The van der Waals surface area contributed by atoms with Gasteiger partial charge in [-0.3, -0.25) is 9.59 Å². The highest BCUT2D eigenvalue weighted by Gasteiger charge is 2.28. The van der Waals surface area contributed by atoms with Crippen molar-refractivity contribution in [2.24, 2.45) is 5.92 Å². The molecule has 102 valence electrons. The lowest BCUT2D eigenvalue weighted by atomic mass is 10.2. The van der Waals surface area contributed by atoms with Gasteiger partial charge in [0.1, 0.15) is 0 Å². The number of rotatable bonds is 5. The van der Waals surface area contributed by atoms with Gasteiger partial charge < -0.3 is 16.4 Å². The maximum atomic E-state index is 11.8. The SMILES string of the molecule is Nc1cc(C(=O)NCCNC(=O)C2CC2)ccc1Br. The molecule has 0 spiro atoms. The summed E-state index contributed by atoms with van der Waals surface area (Å²) in [6, 6.07) is 5.04. The van der Waals surface area contributed by atoms with Gasteiger partial charge in [0.15, 0.2) is 0 Å². The molecule has 1 aliphatic rings. The monoisotopic (exact) mass is 325 g/mol. The molecule has 4 N–H and O–H groups in total. The second-order valence-electron chi connectivity index (χ2n) is 4.56.